The fraction of sp³-hybridized carbons (Fsp3) is 0.400. The number of benzene rings is 2. The summed E-state index contributed by atoms with van der Waals surface area (Å²) in [5.74, 6) is 1.36. The highest BCUT2D eigenvalue weighted by Gasteiger charge is 2.32. The normalized spacial score (nSPS) is 13.3. The van der Waals surface area contributed by atoms with Gasteiger partial charge >= 0.3 is 7.60 Å². The van der Waals surface area contributed by atoms with E-state index >= 15 is 0 Å². The topological polar surface area (TPSA) is 35.5 Å². The van der Waals surface area contributed by atoms with Crippen LogP contribution in [-0.4, -0.2) is 6.16 Å². The first kappa shape index (κ1) is 18.6. The highest BCUT2D eigenvalue weighted by Crippen LogP contribution is 2.50. The maximum absolute atomic E-state index is 13.4. The fourth-order valence-electron chi connectivity index (χ4n) is 2.87. The minimum Gasteiger partial charge on any atom is -0.416 e. The summed E-state index contributed by atoms with van der Waals surface area (Å²) in [7, 11) is -3.31. The molecule has 0 aliphatic heterocycles. The lowest BCUT2D eigenvalue weighted by molar-refractivity contribution is 0.308. The molecule has 0 saturated heterocycles. The Morgan fingerprint density at radius 3 is 1.67 bits per heavy atom. The summed E-state index contributed by atoms with van der Waals surface area (Å²) in [5.41, 5.74) is 0.170. The Morgan fingerprint density at radius 1 is 0.875 bits per heavy atom. The van der Waals surface area contributed by atoms with E-state index in [0.29, 0.717) is 17.7 Å². The van der Waals surface area contributed by atoms with Crippen molar-refractivity contribution >= 4 is 7.60 Å². The van der Waals surface area contributed by atoms with Gasteiger partial charge in [-0.1, -0.05) is 64.1 Å². The summed E-state index contributed by atoms with van der Waals surface area (Å²) in [5, 5.41) is 0. The third kappa shape index (κ3) is 6.41. The molecular formula is C20H27O3P. The summed E-state index contributed by atoms with van der Waals surface area (Å²) >= 11 is 0. The van der Waals surface area contributed by atoms with Gasteiger partial charge in [0.05, 0.1) is 6.16 Å². The van der Waals surface area contributed by atoms with Crippen LogP contribution >= 0.6 is 7.60 Å². The molecular weight excluding hydrogens is 319 g/mol. The summed E-state index contributed by atoms with van der Waals surface area (Å²) in [6, 6.07) is 18.5. The third-order valence-corrected chi connectivity index (χ3v) is 5.52. The Bertz CT molecular complexity index is 617. The van der Waals surface area contributed by atoms with Gasteiger partial charge in [0.25, 0.3) is 0 Å². The van der Waals surface area contributed by atoms with Gasteiger partial charge in [0.1, 0.15) is 11.5 Å². The van der Waals surface area contributed by atoms with Crippen molar-refractivity contribution < 1.29 is 13.6 Å². The van der Waals surface area contributed by atoms with Crippen molar-refractivity contribution in [3.05, 3.63) is 60.7 Å². The van der Waals surface area contributed by atoms with Crippen LogP contribution in [-0.2, 0) is 4.57 Å². The Morgan fingerprint density at radius 2 is 1.29 bits per heavy atom. The van der Waals surface area contributed by atoms with Crippen LogP contribution in [0.4, 0.5) is 0 Å². The van der Waals surface area contributed by atoms with E-state index in [1.165, 1.54) is 0 Å². The molecule has 0 radical (unpaired) electrons. The van der Waals surface area contributed by atoms with Crippen LogP contribution in [0.5, 0.6) is 11.5 Å². The molecule has 2 aromatic carbocycles. The van der Waals surface area contributed by atoms with Crippen LogP contribution in [0.1, 0.15) is 34.1 Å². The van der Waals surface area contributed by atoms with Gasteiger partial charge in [-0.05, 0) is 42.0 Å². The first-order valence-electron chi connectivity index (χ1n) is 8.34. The first-order valence-corrected chi connectivity index (χ1v) is 10.1. The van der Waals surface area contributed by atoms with Crippen molar-refractivity contribution in [1.82, 2.24) is 0 Å². The van der Waals surface area contributed by atoms with E-state index in [0.717, 1.165) is 6.42 Å². The Balaban J connectivity index is 2.18. The molecule has 0 amide bonds. The van der Waals surface area contributed by atoms with Crippen molar-refractivity contribution in [3.63, 3.8) is 0 Å². The van der Waals surface area contributed by atoms with Crippen molar-refractivity contribution in [2.75, 3.05) is 6.16 Å². The van der Waals surface area contributed by atoms with Gasteiger partial charge in [-0.25, -0.2) is 4.57 Å². The van der Waals surface area contributed by atoms with Gasteiger partial charge in [-0.2, -0.15) is 0 Å². The van der Waals surface area contributed by atoms with Crippen LogP contribution in [0, 0.1) is 11.3 Å². The molecule has 1 atom stereocenters. The van der Waals surface area contributed by atoms with Crippen molar-refractivity contribution in [2.24, 2.45) is 11.3 Å². The van der Waals surface area contributed by atoms with E-state index in [9.17, 15) is 4.57 Å². The highest BCUT2D eigenvalue weighted by molar-refractivity contribution is 7.54. The quantitative estimate of drug-likeness (QED) is 0.543. The van der Waals surface area contributed by atoms with E-state index in [-0.39, 0.29) is 11.3 Å². The standard InChI is InChI=1S/C20H27O3P/c1-17(15-20(2,3)4)16-24(21,22-18-11-7-5-8-12-18)23-19-13-9-6-10-14-19/h5-14,17H,15-16H2,1-4H3/t17-/m0/s1. The number of hydrogen-bond donors (Lipinski definition) is 0. The minimum atomic E-state index is -3.31. The largest absolute Gasteiger partial charge is 0.430 e. The average Bonchev–Trinajstić information content (AvgIpc) is 2.46. The Kier molecular flexibility index (Phi) is 6.12. The number of rotatable bonds is 7. The van der Waals surface area contributed by atoms with Gasteiger partial charge in [-0.15, -0.1) is 0 Å². The molecule has 3 nitrogen and oxygen atoms in total. The van der Waals surface area contributed by atoms with Gasteiger partial charge in [0.15, 0.2) is 0 Å². The predicted octanol–water partition coefficient (Wildman–Crippen LogP) is 6.41. The minimum absolute atomic E-state index is 0.170. The van der Waals surface area contributed by atoms with Gasteiger partial charge < -0.3 is 9.05 Å². The smallest absolute Gasteiger partial charge is 0.416 e. The molecule has 0 unspecified atom stereocenters. The van der Waals surface area contributed by atoms with E-state index < -0.39 is 7.60 Å². The van der Waals surface area contributed by atoms with Crippen LogP contribution in [0.3, 0.4) is 0 Å². The zero-order chi connectivity index (χ0) is 17.6. The van der Waals surface area contributed by atoms with Crippen molar-refractivity contribution in [3.8, 4) is 11.5 Å². The third-order valence-electron chi connectivity index (χ3n) is 3.47. The molecule has 2 aromatic rings. The van der Waals surface area contributed by atoms with Crippen molar-refractivity contribution in [2.45, 2.75) is 34.1 Å². The molecule has 0 fully saturated rings. The fourth-order valence-corrected chi connectivity index (χ4v) is 4.83. The zero-order valence-corrected chi connectivity index (χ0v) is 15.8. The second kappa shape index (κ2) is 7.90. The zero-order valence-electron chi connectivity index (χ0n) is 14.9. The SMILES string of the molecule is C[C@@H](CC(C)(C)C)CP(=O)(Oc1ccccc1)Oc1ccccc1. The molecule has 0 aliphatic rings. The first-order chi connectivity index (χ1) is 11.3. The van der Waals surface area contributed by atoms with E-state index in [1.807, 2.05) is 36.4 Å². The molecule has 130 valence electrons. The van der Waals surface area contributed by atoms with Crippen LogP contribution < -0.4 is 9.05 Å². The molecule has 0 heterocycles. The molecule has 0 saturated carbocycles. The molecule has 0 bridgehead atoms. The molecule has 24 heavy (non-hydrogen) atoms. The van der Waals surface area contributed by atoms with Gasteiger partial charge in [0.2, 0.25) is 0 Å². The van der Waals surface area contributed by atoms with Crippen LogP contribution in [0.25, 0.3) is 0 Å². The highest BCUT2D eigenvalue weighted by atomic mass is 31.2. The predicted molar refractivity (Wildman–Crippen MR) is 99.8 cm³/mol. The average molecular weight is 346 g/mol. The number of para-hydroxylation sites is 2. The second-order valence-electron chi connectivity index (χ2n) is 7.47. The number of hydrogen-bond acceptors (Lipinski definition) is 3. The van der Waals surface area contributed by atoms with Crippen molar-refractivity contribution in [1.29, 1.82) is 0 Å². The monoisotopic (exact) mass is 346 g/mol. The van der Waals surface area contributed by atoms with E-state index in [2.05, 4.69) is 27.7 Å². The molecule has 0 aliphatic carbocycles. The maximum Gasteiger partial charge on any atom is 0.430 e. The lowest BCUT2D eigenvalue weighted by Gasteiger charge is -2.27. The molecule has 0 N–H and O–H groups in total. The maximum atomic E-state index is 13.4. The van der Waals surface area contributed by atoms with E-state index in [4.69, 9.17) is 9.05 Å². The summed E-state index contributed by atoms with van der Waals surface area (Å²) in [6.07, 6.45) is 1.33. The summed E-state index contributed by atoms with van der Waals surface area (Å²) in [4.78, 5) is 0. The van der Waals surface area contributed by atoms with Gasteiger partial charge in [-0.3, -0.25) is 0 Å². The molecule has 4 heteroatoms. The van der Waals surface area contributed by atoms with Gasteiger partial charge in [0, 0.05) is 0 Å². The molecule has 0 spiro atoms. The second-order valence-corrected chi connectivity index (χ2v) is 9.42. The summed E-state index contributed by atoms with van der Waals surface area (Å²) < 4.78 is 25.1. The Hall–Kier alpha value is -1.73. The molecule has 2 rings (SSSR count). The van der Waals surface area contributed by atoms with Crippen LogP contribution in [0.15, 0.2) is 60.7 Å². The summed E-state index contributed by atoms with van der Waals surface area (Å²) in [6.45, 7) is 8.65. The van der Waals surface area contributed by atoms with E-state index in [1.54, 1.807) is 24.3 Å². The lowest BCUT2D eigenvalue weighted by atomic mass is 9.86. The van der Waals surface area contributed by atoms with Crippen LogP contribution in [0.2, 0.25) is 0 Å². The Labute approximate surface area is 145 Å². The molecule has 0 aromatic heterocycles. The lowest BCUT2D eigenvalue weighted by Crippen LogP contribution is -2.17.